The van der Waals surface area contributed by atoms with Gasteiger partial charge in [0.05, 0.1) is 6.33 Å². The molecule has 0 saturated carbocycles. The summed E-state index contributed by atoms with van der Waals surface area (Å²) in [6.45, 7) is 3.41. The average Bonchev–Trinajstić information content (AvgIpc) is 3.24. The summed E-state index contributed by atoms with van der Waals surface area (Å²) >= 11 is 0. The van der Waals surface area contributed by atoms with Crippen molar-refractivity contribution in [2.75, 3.05) is 13.1 Å². The van der Waals surface area contributed by atoms with E-state index in [9.17, 15) is 0 Å². The minimum absolute atomic E-state index is 0.541. The number of benzene rings is 1. The van der Waals surface area contributed by atoms with Crippen LogP contribution in [0.1, 0.15) is 37.4 Å². The molecule has 4 rings (SSSR count). The number of nitrogens with zero attached hydrogens (tertiary/aromatic N) is 3. The number of aryl methyl sites for hydroxylation is 1. The van der Waals surface area contributed by atoms with Crippen LogP contribution in [0.15, 0.2) is 49.1 Å². The lowest BCUT2D eigenvalue weighted by Crippen LogP contribution is -2.34. The number of aromatic amines is 1. The topological polar surface area (TPSA) is 36.9 Å². The van der Waals surface area contributed by atoms with Crippen molar-refractivity contribution >= 4 is 10.9 Å². The normalized spacial score (nSPS) is 19.4. The fourth-order valence-electron chi connectivity index (χ4n) is 3.76. The molecule has 1 aliphatic heterocycles. The van der Waals surface area contributed by atoms with E-state index in [4.69, 9.17) is 0 Å². The van der Waals surface area contributed by atoms with E-state index in [1.807, 2.05) is 18.7 Å². The molecule has 4 heteroatoms. The van der Waals surface area contributed by atoms with Crippen molar-refractivity contribution in [1.82, 2.24) is 19.4 Å². The first kappa shape index (κ1) is 14.5. The molecule has 3 aromatic rings. The first-order chi connectivity index (χ1) is 11.4. The van der Waals surface area contributed by atoms with Gasteiger partial charge >= 0.3 is 0 Å². The number of hydrogen-bond donors (Lipinski definition) is 1. The zero-order valence-corrected chi connectivity index (χ0v) is 13.5. The van der Waals surface area contributed by atoms with Crippen molar-refractivity contribution in [3.05, 3.63) is 54.7 Å². The Morgan fingerprint density at radius 2 is 2.13 bits per heavy atom. The van der Waals surface area contributed by atoms with Crippen LogP contribution in [0, 0.1) is 0 Å². The van der Waals surface area contributed by atoms with Crippen molar-refractivity contribution in [2.24, 2.45) is 0 Å². The van der Waals surface area contributed by atoms with Crippen LogP contribution in [0.3, 0.4) is 0 Å². The number of nitrogens with one attached hydrogen (secondary N) is 1. The number of para-hydroxylation sites is 1. The highest BCUT2D eigenvalue weighted by Crippen LogP contribution is 2.32. The summed E-state index contributed by atoms with van der Waals surface area (Å²) in [6, 6.07) is 11.5. The largest absolute Gasteiger partial charge is 0.357 e. The van der Waals surface area contributed by atoms with Crippen LogP contribution in [-0.4, -0.2) is 32.5 Å². The lowest BCUT2D eigenvalue weighted by atomic mass is 9.99. The Morgan fingerprint density at radius 1 is 1.17 bits per heavy atom. The molecule has 1 unspecified atom stereocenters. The number of H-pyrrole nitrogens is 1. The van der Waals surface area contributed by atoms with Crippen molar-refractivity contribution < 1.29 is 0 Å². The number of fused-ring (bicyclic) bond motifs is 1. The molecule has 4 nitrogen and oxygen atoms in total. The SMILES string of the molecule is c1ccc2[nH]c(C3CCCCN3CCCn3ccnc3)cc2c1. The maximum Gasteiger partial charge on any atom is 0.0945 e. The number of imidazole rings is 1. The number of piperidine rings is 1. The zero-order chi connectivity index (χ0) is 15.5. The lowest BCUT2D eigenvalue weighted by Gasteiger charge is -2.35. The molecule has 0 spiro atoms. The summed E-state index contributed by atoms with van der Waals surface area (Å²) in [5.74, 6) is 0. The van der Waals surface area contributed by atoms with Gasteiger partial charge in [-0.25, -0.2) is 4.98 Å². The minimum Gasteiger partial charge on any atom is -0.357 e. The molecule has 0 bridgehead atoms. The highest BCUT2D eigenvalue weighted by atomic mass is 15.2. The molecule has 1 aliphatic rings. The van der Waals surface area contributed by atoms with E-state index in [1.54, 1.807) is 0 Å². The summed E-state index contributed by atoms with van der Waals surface area (Å²) in [5.41, 5.74) is 2.64. The van der Waals surface area contributed by atoms with Gasteiger partial charge in [-0.2, -0.15) is 0 Å². The predicted octanol–water partition coefficient (Wildman–Crippen LogP) is 3.98. The summed E-state index contributed by atoms with van der Waals surface area (Å²) < 4.78 is 2.17. The molecule has 2 aromatic heterocycles. The maximum atomic E-state index is 4.12. The quantitative estimate of drug-likeness (QED) is 0.774. The predicted molar refractivity (Wildman–Crippen MR) is 93.3 cm³/mol. The summed E-state index contributed by atoms with van der Waals surface area (Å²) in [5, 5.41) is 1.33. The van der Waals surface area contributed by atoms with Crippen LogP contribution < -0.4 is 0 Å². The Morgan fingerprint density at radius 3 is 3.00 bits per heavy atom. The fourth-order valence-corrected chi connectivity index (χ4v) is 3.76. The second kappa shape index (κ2) is 6.59. The molecule has 1 saturated heterocycles. The highest BCUT2D eigenvalue weighted by Gasteiger charge is 2.24. The van der Waals surface area contributed by atoms with Gasteiger partial charge in [-0.3, -0.25) is 4.90 Å². The Balaban J connectivity index is 1.46. The third kappa shape index (κ3) is 3.17. The zero-order valence-electron chi connectivity index (χ0n) is 13.5. The third-order valence-corrected chi connectivity index (χ3v) is 4.94. The van der Waals surface area contributed by atoms with Gasteiger partial charge in [0.2, 0.25) is 0 Å². The van der Waals surface area contributed by atoms with Crippen LogP contribution in [0.5, 0.6) is 0 Å². The van der Waals surface area contributed by atoms with Crippen LogP contribution in [-0.2, 0) is 6.54 Å². The average molecular weight is 308 g/mol. The monoisotopic (exact) mass is 308 g/mol. The van der Waals surface area contributed by atoms with E-state index in [0.717, 1.165) is 13.1 Å². The van der Waals surface area contributed by atoms with Gasteiger partial charge in [-0.15, -0.1) is 0 Å². The molecular weight excluding hydrogens is 284 g/mol. The van der Waals surface area contributed by atoms with Crippen LogP contribution in [0.2, 0.25) is 0 Å². The van der Waals surface area contributed by atoms with Gasteiger partial charge in [-0.05, 0) is 43.3 Å². The van der Waals surface area contributed by atoms with Gasteiger partial charge in [-0.1, -0.05) is 24.6 Å². The Labute approximate surface area is 137 Å². The smallest absolute Gasteiger partial charge is 0.0945 e. The number of hydrogen-bond acceptors (Lipinski definition) is 2. The maximum absolute atomic E-state index is 4.12. The van der Waals surface area contributed by atoms with Crippen LogP contribution in [0.4, 0.5) is 0 Å². The first-order valence-electron chi connectivity index (χ1n) is 8.67. The summed E-state index contributed by atoms with van der Waals surface area (Å²) in [7, 11) is 0. The van der Waals surface area contributed by atoms with Gasteiger partial charge in [0.15, 0.2) is 0 Å². The standard InChI is InChI=1S/C19H24N4/c1-2-7-17-16(6-1)14-18(21-17)19-8-3-4-11-23(19)12-5-10-22-13-9-20-15-22/h1-2,6-7,9,13-15,19,21H,3-5,8,10-12H2. The Hall–Kier alpha value is -2.07. The van der Waals surface area contributed by atoms with Crippen molar-refractivity contribution in [3.63, 3.8) is 0 Å². The summed E-state index contributed by atoms with van der Waals surface area (Å²) in [4.78, 5) is 10.4. The lowest BCUT2D eigenvalue weighted by molar-refractivity contribution is 0.142. The Bertz CT molecular complexity index is 711. The van der Waals surface area contributed by atoms with Crippen molar-refractivity contribution in [1.29, 1.82) is 0 Å². The number of rotatable bonds is 5. The third-order valence-electron chi connectivity index (χ3n) is 4.94. The highest BCUT2D eigenvalue weighted by molar-refractivity contribution is 5.80. The Kier molecular flexibility index (Phi) is 4.16. The molecule has 120 valence electrons. The number of aromatic nitrogens is 3. The molecule has 1 aromatic carbocycles. The molecule has 1 atom stereocenters. The van der Waals surface area contributed by atoms with Crippen molar-refractivity contribution in [2.45, 2.75) is 38.3 Å². The number of likely N-dealkylation sites (tertiary alicyclic amines) is 1. The molecular formula is C19H24N4. The molecule has 23 heavy (non-hydrogen) atoms. The van der Waals surface area contributed by atoms with E-state index in [1.165, 1.54) is 48.8 Å². The molecule has 0 aliphatic carbocycles. The van der Waals surface area contributed by atoms with Gasteiger partial charge in [0.1, 0.15) is 0 Å². The fraction of sp³-hybridized carbons (Fsp3) is 0.421. The van der Waals surface area contributed by atoms with E-state index in [-0.39, 0.29) is 0 Å². The van der Waals surface area contributed by atoms with E-state index >= 15 is 0 Å². The first-order valence-corrected chi connectivity index (χ1v) is 8.67. The van der Waals surface area contributed by atoms with E-state index in [2.05, 4.69) is 49.8 Å². The van der Waals surface area contributed by atoms with E-state index in [0.29, 0.717) is 6.04 Å². The van der Waals surface area contributed by atoms with Crippen LogP contribution in [0.25, 0.3) is 10.9 Å². The molecule has 3 heterocycles. The minimum atomic E-state index is 0.541. The summed E-state index contributed by atoms with van der Waals surface area (Å²) in [6.07, 6.45) is 10.9. The van der Waals surface area contributed by atoms with Crippen molar-refractivity contribution in [3.8, 4) is 0 Å². The molecule has 0 amide bonds. The molecule has 0 radical (unpaired) electrons. The van der Waals surface area contributed by atoms with Crippen LogP contribution >= 0.6 is 0 Å². The van der Waals surface area contributed by atoms with E-state index < -0.39 is 0 Å². The molecule has 1 N–H and O–H groups in total. The van der Waals surface area contributed by atoms with Gasteiger partial charge in [0.25, 0.3) is 0 Å². The second-order valence-electron chi connectivity index (χ2n) is 6.51. The van der Waals surface area contributed by atoms with Gasteiger partial charge < -0.3 is 9.55 Å². The van der Waals surface area contributed by atoms with Gasteiger partial charge in [0, 0.05) is 42.7 Å². The second-order valence-corrected chi connectivity index (χ2v) is 6.51. The molecule has 1 fully saturated rings.